The monoisotopic (exact) mass is 282 g/mol. The second kappa shape index (κ2) is 5.64. The standard InChI is InChI=1S/C14H9F3O3/c15-10-3-1-2-9(13(10)17)7-20-12-5-4-8(14(18)19)6-11(12)16/h1-6H,7H2,(H,18,19). The number of halogens is 3. The van der Waals surface area contributed by atoms with Gasteiger partial charge in [0.25, 0.3) is 0 Å². The molecule has 3 nitrogen and oxygen atoms in total. The molecule has 0 unspecified atom stereocenters. The van der Waals surface area contributed by atoms with Gasteiger partial charge in [-0.15, -0.1) is 0 Å². The Morgan fingerprint density at radius 2 is 1.85 bits per heavy atom. The van der Waals surface area contributed by atoms with E-state index in [0.29, 0.717) is 0 Å². The molecule has 0 aliphatic heterocycles. The van der Waals surface area contributed by atoms with Crippen molar-refractivity contribution in [3.05, 3.63) is 65.0 Å². The lowest BCUT2D eigenvalue weighted by atomic mass is 10.2. The molecule has 2 rings (SSSR count). The lowest BCUT2D eigenvalue weighted by Gasteiger charge is -2.08. The summed E-state index contributed by atoms with van der Waals surface area (Å²) in [5.41, 5.74) is -0.293. The Morgan fingerprint density at radius 3 is 2.50 bits per heavy atom. The highest BCUT2D eigenvalue weighted by atomic mass is 19.2. The van der Waals surface area contributed by atoms with Gasteiger partial charge in [-0.3, -0.25) is 0 Å². The van der Waals surface area contributed by atoms with Gasteiger partial charge >= 0.3 is 5.97 Å². The molecule has 2 aromatic carbocycles. The predicted molar refractivity (Wildman–Crippen MR) is 64.0 cm³/mol. The third kappa shape index (κ3) is 2.90. The minimum absolute atomic E-state index is 0.0632. The number of aromatic carboxylic acids is 1. The first kappa shape index (κ1) is 13.9. The summed E-state index contributed by atoms with van der Waals surface area (Å²) >= 11 is 0. The molecule has 0 bridgehead atoms. The molecule has 0 amide bonds. The summed E-state index contributed by atoms with van der Waals surface area (Å²) in [4.78, 5) is 10.6. The van der Waals surface area contributed by atoms with Crippen LogP contribution in [0.5, 0.6) is 5.75 Å². The minimum Gasteiger partial charge on any atom is -0.486 e. The van der Waals surface area contributed by atoms with Gasteiger partial charge in [-0.05, 0) is 24.3 Å². The maximum atomic E-state index is 13.5. The van der Waals surface area contributed by atoms with Crippen LogP contribution in [0.1, 0.15) is 15.9 Å². The van der Waals surface area contributed by atoms with Crippen molar-refractivity contribution >= 4 is 5.97 Å². The molecule has 0 aliphatic rings. The molecular weight excluding hydrogens is 273 g/mol. The second-order valence-corrected chi connectivity index (χ2v) is 3.95. The zero-order valence-corrected chi connectivity index (χ0v) is 10.1. The fraction of sp³-hybridized carbons (Fsp3) is 0.0714. The molecule has 6 heteroatoms. The van der Waals surface area contributed by atoms with Crippen LogP contribution in [-0.4, -0.2) is 11.1 Å². The topological polar surface area (TPSA) is 46.5 Å². The Hall–Kier alpha value is -2.50. The van der Waals surface area contributed by atoms with Crippen LogP contribution in [0.15, 0.2) is 36.4 Å². The average molecular weight is 282 g/mol. The van der Waals surface area contributed by atoms with Gasteiger partial charge in [0.15, 0.2) is 23.2 Å². The van der Waals surface area contributed by atoms with Gasteiger partial charge in [-0.25, -0.2) is 18.0 Å². The highest BCUT2D eigenvalue weighted by Gasteiger charge is 2.12. The van der Waals surface area contributed by atoms with Crippen molar-refractivity contribution in [1.82, 2.24) is 0 Å². The van der Waals surface area contributed by atoms with E-state index in [1.54, 1.807) is 0 Å². The molecule has 0 spiro atoms. The van der Waals surface area contributed by atoms with Gasteiger partial charge in [0.05, 0.1) is 5.56 Å². The summed E-state index contributed by atoms with van der Waals surface area (Å²) in [6.07, 6.45) is 0. The highest BCUT2D eigenvalue weighted by Crippen LogP contribution is 2.21. The molecule has 0 atom stereocenters. The zero-order valence-electron chi connectivity index (χ0n) is 10.1. The Kier molecular flexibility index (Phi) is 3.93. The van der Waals surface area contributed by atoms with E-state index >= 15 is 0 Å². The Labute approximate surface area is 112 Å². The summed E-state index contributed by atoms with van der Waals surface area (Å²) < 4.78 is 44.9. The van der Waals surface area contributed by atoms with Crippen molar-refractivity contribution in [2.75, 3.05) is 0 Å². The SMILES string of the molecule is O=C(O)c1ccc(OCc2cccc(F)c2F)c(F)c1. The molecular formula is C14H9F3O3. The van der Waals surface area contributed by atoms with Crippen LogP contribution in [0.3, 0.4) is 0 Å². The maximum absolute atomic E-state index is 13.5. The van der Waals surface area contributed by atoms with E-state index in [0.717, 1.165) is 24.3 Å². The summed E-state index contributed by atoms with van der Waals surface area (Å²) in [6.45, 7) is -0.368. The van der Waals surface area contributed by atoms with Crippen LogP contribution in [0.4, 0.5) is 13.2 Å². The van der Waals surface area contributed by atoms with Crippen molar-refractivity contribution in [2.24, 2.45) is 0 Å². The van der Waals surface area contributed by atoms with E-state index in [9.17, 15) is 18.0 Å². The molecule has 104 valence electrons. The number of hydrogen-bond donors (Lipinski definition) is 1. The number of carboxylic acids is 1. The molecule has 0 heterocycles. The first-order chi connectivity index (χ1) is 9.49. The Morgan fingerprint density at radius 1 is 1.10 bits per heavy atom. The maximum Gasteiger partial charge on any atom is 0.335 e. The molecule has 20 heavy (non-hydrogen) atoms. The van der Waals surface area contributed by atoms with Crippen LogP contribution in [0.25, 0.3) is 0 Å². The summed E-state index contributed by atoms with van der Waals surface area (Å²) in [5.74, 6) is -4.48. The lowest BCUT2D eigenvalue weighted by Crippen LogP contribution is -2.03. The number of ether oxygens (including phenoxy) is 1. The van der Waals surface area contributed by atoms with E-state index in [-0.39, 0.29) is 23.5 Å². The number of hydrogen-bond acceptors (Lipinski definition) is 2. The smallest absolute Gasteiger partial charge is 0.335 e. The van der Waals surface area contributed by atoms with Crippen molar-refractivity contribution in [2.45, 2.75) is 6.61 Å². The van der Waals surface area contributed by atoms with Gasteiger partial charge < -0.3 is 9.84 Å². The van der Waals surface area contributed by atoms with Crippen LogP contribution in [0.2, 0.25) is 0 Å². The molecule has 0 radical (unpaired) electrons. The fourth-order valence-electron chi connectivity index (χ4n) is 1.57. The number of rotatable bonds is 4. The number of carbonyl (C=O) groups is 1. The quantitative estimate of drug-likeness (QED) is 0.935. The van der Waals surface area contributed by atoms with Gasteiger partial charge in [0.1, 0.15) is 6.61 Å². The van der Waals surface area contributed by atoms with Crippen molar-refractivity contribution in [3.63, 3.8) is 0 Å². The van der Waals surface area contributed by atoms with Crippen LogP contribution < -0.4 is 4.74 Å². The molecule has 0 aromatic heterocycles. The molecule has 0 saturated heterocycles. The lowest BCUT2D eigenvalue weighted by molar-refractivity contribution is 0.0696. The van der Waals surface area contributed by atoms with Gasteiger partial charge in [-0.1, -0.05) is 12.1 Å². The first-order valence-corrected chi connectivity index (χ1v) is 5.57. The second-order valence-electron chi connectivity index (χ2n) is 3.95. The third-order valence-electron chi connectivity index (χ3n) is 2.59. The molecule has 0 fully saturated rings. The highest BCUT2D eigenvalue weighted by molar-refractivity contribution is 5.87. The fourth-order valence-corrected chi connectivity index (χ4v) is 1.57. The average Bonchev–Trinajstić information content (AvgIpc) is 2.41. The summed E-state index contributed by atoms with van der Waals surface area (Å²) in [5, 5.41) is 8.68. The Balaban J connectivity index is 2.15. The largest absolute Gasteiger partial charge is 0.486 e. The minimum atomic E-state index is -1.27. The third-order valence-corrected chi connectivity index (χ3v) is 2.59. The normalized spacial score (nSPS) is 10.3. The summed E-state index contributed by atoms with van der Waals surface area (Å²) in [6, 6.07) is 6.64. The predicted octanol–water partition coefficient (Wildman–Crippen LogP) is 3.38. The van der Waals surface area contributed by atoms with E-state index in [4.69, 9.17) is 9.84 Å². The van der Waals surface area contributed by atoms with E-state index < -0.39 is 23.4 Å². The summed E-state index contributed by atoms with van der Waals surface area (Å²) in [7, 11) is 0. The van der Waals surface area contributed by atoms with Crippen molar-refractivity contribution < 1.29 is 27.8 Å². The van der Waals surface area contributed by atoms with Gasteiger partial charge in [-0.2, -0.15) is 0 Å². The zero-order chi connectivity index (χ0) is 14.7. The van der Waals surface area contributed by atoms with Crippen molar-refractivity contribution in [3.8, 4) is 5.75 Å². The Bertz CT molecular complexity index is 656. The van der Waals surface area contributed by atoms with E-state index in [2.05, 4.69) is 0 Å². The molecule has 1 N–H and O–H groups in total. The van der Waals surface area contributed by atoms with Crippen LogP contribution >= 0.6 is 0 Å². The van der Waals surface area contributed by atoms with E-state index in [1.165, 1.54) is 12.1 Å². The van der Waals surface area contributed by atoms with Crippen molar-refractivity contribution in [1.29, 1.82) is 0 Å². The first-order valence-electron chi connectivity index (χ1n) is 5.57. The van der Waals surface area contributed by atoms with Gasteiger partial charge in [0.2, 0.25) is 0 Å². The van der Waals surface area contributed by atoms with Gasteiger partial charge in [0, 0.05) is 5.56 Å². The van der Waals surface area contributed by atoms with E-state index in [1.807, 2.05) is 0 Å². The van der Waals surface area contributed by atoms with Crippen LogP contribution in [-0.2, 0) is 6.61 Å². The number of carboxylic acid groups (broad SMARTS) is 1. The molecule has 0 saturated carbocycles. The number of benzene rings is 2. The van der Waals surface area contributed by atoms with Crippen LogP contribution in [0, 0.1) is 17.5 Å². The molecule has 2 aromatic rings. The molecule has 0 aliphatic carbocycles.